The molecule has 0 aliphatic rings. The van der Waals surface area contributed by atoms with Crippen molar-refractivity contribution in [3.05, 3.63) is 57.7 Å². The molecule has 1 heterocycles. The molecule has 0 amide bonds. The van der Waals surface area contributed by atoms with Crippen LogP contribution in [0.15, 0.2) is 30.5 Å². The molecular formula is C19H23ClN2O2. The third kappa shape index (κ3) is 4.26. The number of esters is 1. The van der Waals surface area contributed by atoms with Crippen molar-refractivity contribution in [2.24, 2.45) is 0 Å². The van der Waals surface area contributed by atoms with Gasteiger partial charge in [-0.1, -0.05) is 30.7 Å². The molecule has 2 rings (SSSR count). The molecule has 0 saturated carbocycles. The molecule has 128 valence electrons. The van der Waals surface area contributed by atoms with E-state index in [-0.39, 0.29) is 12.0 Å². The number of rotatable bonds is 6. The van der Waals surface area contributed by atoms with Crippen LogP contribution in [-0.4, -0.2) is 17.6 Å². The van der Waals surface area contributed by atoms with E-state index in [0.29, 0.717) is 18.0 Å². The lowest BCUT2D eigenvalue weighted by atomic mass is 10.0. The minimum absolute atomic E-state index is 0.0891. The molecule has 0 saturated heterocycles. The summed E-state index contributed by atoms with van der Waals surface area (Å²) in [6.07, 6.45) is 2.57. The fourth-order valence-corrected chi connectivity index (χ4v) is 2.63. The molecule has 1 N–H and O–H groups in total. The molecule has 0 spiro atoms. The minimum Gasteiger partial charge on any atom is -0.462 e. The first-order valence-electron chi connectivity index (χ1n) is 8.12. The first-order valence-corrected chi connectivity index (χ1v) is 8.50. The van der Waals surface area contributed by atoms with Gasteiger partial charge in [-0.2, -0.15) is 0 Å². The Morgan fingerprint density at radius 1 is 1.25 bits per heavy atom. The highest BCUT2D eigenvalue weighted by atomic mass is 35.5. The molecule has 1 atom stereocenters. The van der Waals surface area contributed by atoms with E-state index < -0.39 is 0 Å². The van der Waals surface area contributed by atoms with Gasteiger partial charge in [0, 0.05) is 11.2 Å². The fourth-order valence-electron chi connectivity index (χ4n) is 2.52. The third-order valence-corrected chi connectivity index (χ3v) is 4.34. The van der Waals surface area contributed by atoms with E-state index in [4.69, 9.17) is 16.3 Å². The second-order valence-electron chi connectivity index (χ2n) is 5.72. The van der Waals surface area contributed by atoms with Crippen LogP contribution in [-0.2, 0) is 4.74 Å². The van der Waals surface area contributed by atoms with Crippen LogP contribution >= 0.6 is 11.6 Å². The van der Waals surface area contributed by atoms with Crippen molar-refractivity contribution in [3.63, 3.8) is 0 Å². The summed E-state index contributed by atoms with van der Waals surface area (Å²) >= 11 is 6.11. The Labute approximate surface area is 148 Å². The van der Waals surface area contributed by atoms with Crippen LogP contribution in [0, 0.1) is 13.8 Å². The number of pyridine rings is 1. The zero-order chi connectivity index (χ0) is 17.7. The molecule has 1 aromatic heterocycles. The van der Waals surface area contributed by atoms with Crippen molar-refractivity contribution >= 4 is 23.4 Å². The lowest BCUT2D eigenvalue weighted by molar-refractivity contribution is 0.0525. The van der Waals surface area contributed by atoms with Crippen molar-refractivity contribution in [2.75, 3.05) is 11.9 Å². The van der Waals surface area contributed by atoms with Gasteiger partial charge in [0.25, 0.3) is 0 Å². The van der Waals surface area contributed by atoms with Crippen molar-refractivity contribution < 1.29 is 9.53 Å². The SMILES string of the molecule is CCOC(=O)c1cc(N[C@H](CC)c2ccc(Cl)c(C)c2)ncc1C. The largest absolute Gasteiger partial charge is 0.462 e. The van der Waals surface area contributed by atoms with Crippen molar-refractivity contribution in [2.45, 2.75) is 40.2 Å². The van der Waals surface area contributed by atoms with Gasteiger partial charge in [0.2, 0.25) is 0 Å². The van der Waals surface area contributed by atoms with E-state index in [9.17, 15) is 4.79 Å². The fraction of sp³-hybridized carbons (Fsp3) is 0.368. The van der Waals surface area contributed by atoms with Crippen LogP contribution in [0.2, 0.25) is 5.02 Å². The number of carbonyl (C=O) groups is 1. The summed E-state index contributed by atoms with van der Waals surface area (Å²) < 4.78 is 5.10. The van der Waals surface area contributed by atoms with Crippen LogP contribution in [0.1, 0.15) is 53.4 Å². The maximum absolute atomic E-state index is 12.0. The molecule has 0 fully saturated rings. The van der Waals surface area contributed by atoms with Gasteiger partial charge in [-0.25, -0.2) is 9.78 Å². The van der Waals surface area contributed by atoms with Gasteiger partial charge in [0.05, 0.1) is 18.2 Å². The van der Waals surface area contributed by atoms with Gasteiger partial charge in [-0.05, 0) is 56.0 Å². The number of ether oxygens (including phenoxy) is 1. The molecule has 5 heteroatoms. The lowest BCUT2D eigenvalue weighted by Gasteiger charge is -2.19. The predicted molar refractivity (Wildman–Crippen MR) is 97.8 cm³/mol. The number of anilines is 1. The topological polar surface area (TPSA) is 51.2 Å². The van der Waals surface area contributed by atoms with E-state index in [1.54, 1.807) is 19.2 Å². The Morgan fingerprint density at radius 2 is 2.00 bits per heavy atom. The minimum atomic E-state index is -0.323. The number of carbonyl (C=O) groups excluding carboxylic acids is 1. The summed E-state index contributed by atoms with van der Waals surface area (Å²) in [6, 6.07) is 7.83. The van der Waals surface area contributed by atoms with E-state index in [0.717, 1.165) is 28.1 Å². The van der Waals surface area contributed by atoms with Gasteiger partial charge in [0.1, 0.15) is 5.82 Å². The number of benzene rings is 1. The monoisotopic (exact) mass is 346 g/mol. The molecule has 4 nitrogen and oxygen atoms in total. The second-order valence-corrected chi connectivity index (χ2v) is 6.13. The second kappa shape index (κ2) is 8.15. The van der Waals surface area contributed by atoms with Gasteiger partial charge in [-0.3, -0.25) is 0 Å². The number of halogens is 1. The quantitative estimate of drug-likeness (QED) is 0.740. The van der Waals surface area contributed by atoms with Gasteiger partial charge < -0.3 is 10.1 Å². The average Bonchev–Trinajstić information content (AvgIpc) is 2.57. The smallest absolute Gasteiger partial charge is 0.338 e. The van der Waals surface area contributed by atoms with Crippen LogP contribution in [0.4, 0.5) is 5.82 Å². The van der Waals surface area contributed by atoms with Crippen molar-refractivity contribution in [3.8, 4) is 0 Å². The molecule has 0 aliphatic carbocycles. The van der Waals surface area contributed by atoms with Crippen LogP contribution in [0.3, 0.4) is 0 Å². The normalized spacial score (nSPS) is 11.9. The first kappa shape index (κ1) is 18.3. The maximum Gasteiger partial charge on any atom is 0.338 e. The number of hydrogen-bond donors (Lipinski definition) is 1. The Balaban J connectivity index is 2.26. The van der Waals surface area contributed by atoms with E-state index in [2.05, 4.69) is 23.3 Å². The van der Waals surface area contributed by atoms with Crippen molar-refractivity contribution in [1.82, 2.24) is 4.98 Å². The summed E-state index contributed by atoms with van der Waals surface area (Å²) in [6.45, 7) is 8.08. The standard InChI is InChI=1S/C19H23ClN2O2/c1-5-17(14-7-8-16(20)12(3)9-14)22-18-10-15(13(4)11-21-18)19(23)24-6-2/h7-11,17H,5-6H2,1-4H3,(H,21,22)/t17-/m1/s1. The Morgan fingerprint density at radius 3 is 2.62 bits per heavy atom. The average molecular weight is 347 g/mol. The Hall–Kier alpha value is -2.07. The van der Waals surface area contributed by atoms with Crippen LogP contribution in [0.5, 0.6) is 0 Å². The molecule has 2 aromatic rings. The highest BCUT2D eigenvalue weighted by Crippen LogP contribution is 2.26. The summed E-state index contributed by atoms with van der Waals surface area (Å²) in [4.78, 5) is 16.4. The molecule has 0 aliphatic heterocycles. The Bertz CT molecular complexity index is 731. The number of nitrogens with zero attached hydrogens (tertiary/aromatic N) is 1. The third-order valence-electron chi connectivity index (χ3n) is 3.91. The first-order chi connectivity index (χ1) is 11.5. The zero-order valence-electron chi connectivity index (χ0n) is 14.5. The van der Waals surface area contributed by atoms with Crippen molar-refractivity contribution in [1.29, 1.82) is 0 Å². The number of hydrogen-bond acceptors (Lipinski definition) is 4. The number of nitrogens with one attached hydrogen (secondary N) is 1. The zero-order valence-corrected chi connectivity index (χ0v) is 15.3. The number of aromatic nitrogens is 1. The summed E-state index contributed by atoms with van der Waals surface area (Å²) in [5.41, 5.74) is 3.52. The highest BCUT2D eigenvalue weighted by molar-refractivity contribution is 6.31. The highest BCUT2D eigenvalue weighted by Gasteiger charge is 2.15. The molecule has 0 unspecified atom stereocenters. The number of aryl methyl sites for hydroxylation is 2. The molecule has 1 aromatic carbocycles. The Kier molecular flexibility index (Phi) is 6.21. The summed E-state index contributed by atoms with van der Waals surface area (Å²) in [5.74, 6) is 0.332. The summed E-state index contributed by atoms with van der Waals surface area (Å²) in [7, 11) is 0. The van der Waals surface area contributed by atoms with Crippen LogP contribution in [0.25, 0.3) is 0 Å². The van der Waals surface area contributed by atoms with Gasteiger partial charge >= 0.3 is 5.97 Å². The maximum atomic E-state index is 12.0. The molecule has 0 bridgehead atoms. The predicted octanol–water partition coefficient (Wildman–Crippen LogP) is 5.09. The van der Waals surface area contributed by atoms with E-state index in [1.165, 1.54) is 0 Å². The van der Waals surface area contributed by atoms with Gasteiger partial charge in [0.15, 0.2) is 0 Å². The molecule has 24 heavy (non-hydrogen) atoms. The van der Waals surface area contributed by atoms with E-state index in [1.807, 2.05) is 26.0 Å². The van der Waals surface area contributed by atoms with E-state index >= 15 is 0 Å². The lowest BCUT2D eigenvalue weighted by Crippen LogP contribution is -2.13. The van der Waals surface area contributed by atoms with Gasteiger partial charge in [-0.15, -0.1) is 0 Å². The summed E-state index contributed by atoms with van der Waals surface area (Å²) in [5, 5.41) is 4.15. The molecular weight excluding hydrogens is 324 g/mol. The molecule has 0 radical (unpaired) electrons. The van der Waals surface area contributed by atoms with Crippen LogP contribution < -0.4 is 5.32 Å².